The van der Waals surface area contributed by atoms with Crippen LogP contribution in [0.3, 0.4) is 0 Å². The molecule has 0 amide bonds. The second-order valence-electron chi connectivity index (χ2n) is 7.07. The van der Waals surface area contributed by atoms with Gasteiger partial charge in [0, 0.05) is 6.92 Å². The van der Waals surface area contributed by atoms with Crippen LogP contribution in [0.2, 0.25) is 0 Å². The summed E-state index contributed by atoms with van der Waals surface area (Å²) in [4.78, 5) is 10.9. The van der Waals surface area contributed by atoms with E-state index in [9.17, 15) is 4.79 Å². The van der Waals surface area contributed by atoms with E-state index >= 15 is 0 Å². The summed E-state index contributed by atoms with van der Waals surface area (Å²) >= 11 is 0. The van der Waals surface area contributed by atoms with E-state index in [0.717, 1.165) is 18.7 Å². The van der Waals surface area contributed by atoms with Crippen molar-refractivity contribution >= 4 is 5.97 Å². The number of nitrogens with zero attached hydrogens (tertiary/aromatic N) is 3. The van der Waals surface area contributed by atoms with Crippen LogP contribution in [-0.2, 0) is 29.7 Å². The van der Waals surface area contributed by atoms with Crippen molar-refractivity contribution in [1.29, 1.82) is 0 Å². The highest BCUT2D eigenvalue weighted by Crippen LogP contribution is 2.11. The summed E-state index contributed by atoms with van der Waals surface area (Å²) in [5.74, 6) is -0.256. The number of hydrogen-bond donors (Lipinski definition) is 0. The molecule has 0 saturated heterocycles. The van der Waals surface area contributed by atoms with Gasteiger partial charge in [0.05, 0.1) is 5.21 Å². The molecule has 0 aliphatic rings. The molecule has 0 aliphatic carbocycles. The number of esters is 1. The lowest BCUT2D eigenvalue weighted by Crippen LogP contribution is -3.00. The normalized spacial score (nSPS) is 10.6. The molecule has 0 bridgehead atoms. The summed E-state index contributed by atoms with van der Waals surface area (Å²) in [6.45, 7) is 4.93. The number of carbonyl (C=O) groups is 1. The van der Waals surface area contributed by atoms with Gasteiger partial charge in [-0.25, -0.2) is 0 Å². The Kier molecular flexibility index (Phi) is 16.1. The fourth-order valence-electron chi connectivity index (χ4n) is 3.04. The van der Waals surface area contributed by atoms with E-state index < -0.39 is 0 Å². The average Bonchev–Trinajstić information content (AvgIpc) is 2.94. The number of rotatable bonds is 15. The van der Waals surface area contributed by atoms with Gasteiger partial charge >= 0.3 is 5.97 Å². The fourth-order valence-corrected chi connectivity index (χ4v) is 3.04. The molecule has 5 nitrogen and oxygen atoms in total. The molecule has 1 aromatic rings. The lowest BCUT2D eigenvalue weighted by molar-refractivity contribution is -0.755. The molecule has 1 rings (SSSR count). The molecular weight excluding hydrogens is 441 g/mol. The van der Waals surface area contributed by atoms with Crippen LogP contribution < -0.4 is 28.7 Å². The van der Waals surface area contributed by atoms with E-state index in [1.54, 1.807) is 4.68 Å². The van der Waals surface area contributed by atoms with Crippen molar-refractivity contribution in [3.63, 3.8) is 0 Å². The molecule has 26 heavy (non-hydrogen) atoms. The zero-order valence-corrected chi connectivity index (χ0v) is 19.2. The van der Waals surface area contributed by atoms with E-state index in [2.05, 4.69) is 12.1 Å². The number of aryl methyl sites for hydroxylation is 2. The van der Waals surface area contributed by atoms with Gasteiger partial charge in [-0.05, 0) is 12.8 Å². The van der Waals surface area contributed by atoms with Crippen LogP contribution in [0, 0.1) is 0 Å². The van der Waals surface area contributed by atoms with Crippen LogP contribution in [0.4, 0.5) is 0 Å². The first-order chi connectivity index (χ1) is 12.1. The van der Waals surface area contributed by atoms with Gasteiger partial charge in [0.2, 0.25) is 5.69 Å². The van der Waals surface area contributed by atoms with Gasteiger partial charge in [0.1, 0.15) is 13.6 Å². The van der Waals surface area contributed by atoms with Gasteiger partial charge in [-0.2, -0.15) is 0 Å². The van der Waals surface area contributed by atoms with Crippen molar-refractivity contribution in [3.8, 4) is 0 Å². The van der Waals surface area contributed by atoms with Crippen LogP contribution in [0.1, 0.15) is 96.6 Å². The van der Waals surface area contributed by atoms with Crippen molar-refractivity contribution in [2.75, 3.05) is 0 Å². The Balaban J connectivity index is 0.00000625. The Morgan fingerprint density at radius 1 is 1.00 bits per heavy atom. The Morgan fingerprint density at radius 2 is 1.50 bits per heavy atom. The summed E-state index contributed by atoms with van der Waals surface area (Å²) in [7, 11) is 1.89. The molecule has 0 N–H and O–H groups in total. The minimum Gasteiger partial charge on any atom is -1.00 e. The summed E-state index contributed by atoms with van der Waals surface area (Å²) < 4.78 is 8.76. The van der Waals surface area contributed by atoms with E-state index in [-0.39, 0.29) is 29.9 Å². The first kappa shape index (κ1) is 25.3. The predicted molar refractivity (Wildman–Crippen MR) is 100.0 cm³/mol. The van der Waals surface area contributed by atoms with Crippen molar-refractivity contribution in [1.82, 2.24) is 9.90 Å². The zero-order valence-electron chi connectivity index (χ0n) is 17.0. The van der Waals surface area contributed by atoms with Crippen molar-refractivity contribution in [2.45, 2.75) is 104 Å². The maximum Gasteiger partial charge on any atom is 0.303 e. The minimum atomic E-state index is -0.256. The number of unbranched alkanes of at least 4 members (excludes halogenated alkanes) is 11. The van der Waals surface area contributed by atoms with Gasteiger partial charge < -0.3 is 28.7 Å². The molecule has 0 saturated carbocycles. The highest BCUT2D eigenvalue weighted by molar-refractivity contribution is 5.65. The molecular formula is C20H38IN3O2. The van der Waals surface area contributed by atoms with E-state index in [0.29, 0.717) is 6.61 Å². The largest absolute Gasteiger partial charge is 1.00 e. The van der Waals surface area contributed by atoms with Gasteiger partial charge in [-0.1, -0.05) is 71.1 Å². The van der Waals surface area contributed by atoms with Crippen LogP contribution in [0.15, 0.2) is 6.20 Å². The SMILES string of the molecule is CCCCCCCCCCCCCC[n+]1cc(COC(C)=O)n(C)n1.[I-]. The first-order valence-electron chi connectivity index (χ1n) is 10.2. The maximum atomic E-state index is 10.9. The smallest absolute Gasteiger partial charge is 0.303 e. The van der Waals surface area contributed by atoms with Crippen LogP contribution in [0.25, 0.3) is 0 Å². The molecule has 0 aromatic carbocycles. The van der Waals surface area contributed by atoms with E-state index in [1.807, 2.05) is 17.9 Å². The average molecular weight is 479 g/mol. The molecule has 0 atom stereocenters. The second-order valence-corrected chi connectivity index (χ2v) is 7.07. The highest BCUT2D eigenvalue weighted by Gasteiger charge is 2.13. The zero-order chi connectivity index (χ0) is 18.3. The predicted octanol–water partition coefficient (Wildman–Crippen LogP) is 1.48. The molecule has 0 radical (unpaired) electrons. The molecule has 6 heteroatoms. The summed E-state index contributed by atoms with van der Waals surface area (Å²) in [6.07, 6.45) is 18.3. The highest BCUT2D eigenvalue weighted by atomic mass is 127. The Bertz CT molecular complexity index is 478. The third-order valence-electron chi connectivity index (χ3n) is 4.63. The lowest BCUT2D eigenvalue weighted by atomic mass is 10.1. The Labute approximate surface area is 176 Å². The molecule has 0 unspecified atom stereocenters. The maximum absolute atomic E-state index is 10.9. The summed E-state index contributed by atoms with van der Waals surface area (Å²) in [6, 6.07) is 0. The number of carbonyl (C=O) groups excluding carboxylic acids is 1. The third kappa shape index (κ3) is 12.7. The number of halogens is 1. The number of hydrogen-bond acceptors (Lipinski definition) is 3. The third-order valence-corrected chi connectivity index (χ3v) is 4.63. The van der Waals surface area contributed by atoms with E-state index in [1.165, 1.54) is 77.6 Å². The summed E-state index contributed by atoms with van der Waals surface area (Å²) in [5.41, 5.74) is 0.925. The Hall–Kier alpha value is -0.660. The van der Waals surface area contributed by atoms with Gasteiger partial charge in [-0.3, -0.25) is 4.79 Å². The molecule has 0 aliphatic heterocycles. The van der Waals surface area contributed by atoms with Crippen LogP contribution in [0.5, 0.6) is 0 Å². The standard InChI is InChI=1S/C20H38N3O2.HI/c1-4-5-6-7-8-9-10-11-12-13-14-15-16-23-17-20(22(3)21-23)18-25-19(2)24;/h17H,4-16,18H2,1-3H3;1H/q+1;/p-1. The molecule has 152 valence electrons. The minimum absolute atomic E-state index is 0. The lowest BCUT2D eigenvalue weighted by Gasteiger charge is -2.02. The molecule has 1 aromatic heterocycles. The topological polar surface area (TPSA) is 48.0 Å². The quantitative estimate of drug-likeness (QED) is 0.166. The van der Waals surface area contributed by atoms with Crippen molar-refractivity contribution < 1.29 is 38.2 Å². The van der Waals surface area contributed by atoms with Crippen molar-refractivity contribution in [2.24, 2.45) is 7.05 Å². The fraction of sp³-hybridized carbons (Fsp3) is 0.850. The van der Waals surface area contributed by atoms with E-state index in [4.69, 9.17) is 4.74 Å². The van der Waals surface area contributed by atoms with Crippen LogP contribution in [-0.4, -0.2) is 15.9 Å². The molecule has 1 heterocycles. The number of ether oxygens (including phenoxy) is 1. The Morgan fingerprint density at radius 3 is 2.00 bits per heavy atom. The first-order valence-corrected chi connectivity index (χ1v) is 10.2. The van der Waals surface area contributed by atoms with Crippen LogP contribution >= 0.6 is 0 Å². The summed E-state index contributed by atoms with van der Waals surface area (Å²) in [5, 5.41) is 4.42. The molecule has 0 fully saturated rings. The second kappa shape index (κ2) is 16.5. The number of aromatic nitrogens is 3. The van der Waals surface area contributed by atoms with Crippen molar-refractivity contribution in [3.05, 3.63) is 11.9 Å². The monoisotopic (exact) mass is 479 g/mol. The molecule has 0 spiro atoms. The van der Waals surface area contributed by atoms with Gasteiger partial charge in [0.15, 0.2) is 12.8 Å². The van der Waals surface area contributed by atoms with Gasteiger partial charge in [0.25, 0.3) is 0 Å². The van der Waals surface area contributed by atoms with Gasteiger partial charge in [-0.15, -0.1) is 9.36 Å².